The van der Waals surface area contributed by atoms with Crippen molar-refractivity contribution in [2.24, 2.45) is 0 Å². The third kappa shape index (κ3) is 3.78. The van der Waals surface area contributed by atoms with E-state index in [1.165, 1.54) is 18.9 Å². The van der Waals surface area contributed by atoms with Crippen LogP contribution in [0, 0.1) is 13.8 Å². The molecule has 0 amide bonds. The number of hydrogen-bond acceptors (Lipinski definition) is 6. The van der Waals surface area contributed by atoms with Crippen LogP contribution in [-0.2, 0) is 9.47 Å². The number of ether oxygens (including phenoxy) is 3. The van der Waals surface area contributed by atoms with E-state index in [4.69, 9.17) is 14.2 Å². The summed E-state index contributed by atoms with van der Waals surface area (Å²) in [6.07, 6.45) is 0. The Hall–Kier alpha value is -3.61. The zero-order valence-electron chi connectivity index (χ0n) is 17.7. The molecule has 7 nitrogen and oxygen atoms in total. The fourth-order valence-electron chi connectivity index (χ4n) is 3.48. The molecule has 0 fully saturated rings. The second kappa shape index (κ2) is 8.82. The van der Waals surface area contributed by atoms with Crippen molar-refractivity contribution in [3.8, 4) is 22.7 Å². The Bertz CT molecular complexity index is 1060. The van der Waals surface area contributed by atoms with Gasteiger partial charge in [-0.15, -0.1) is 0 Å². The summed E-state index contributed by atoms with van der Waals surface area (Å²) in [6.45, 7) is 6.27. The number of benzene rings is 2. The number of rotatable bonds is 6. The molecule has 0 saturated carbocycles. The van der Waals surface area contributed by atoms with Gasteiger partial charge in [0.15, 0.2) is 5.69 Å². The quantitative estimate of drug-likeness (QED) is 0.571. The molecule has 0 aliphatic heterocycles. The highest BCUT2D eigenvalue weighted by molar-refractivity contribution is 6.07. The standard InChI is InChI=1S/C23H24N2O5/c1-6-30-17-12-14(2)18(15(3)13-17)20-19(22(26)28-4)21(23(27)29-5)25(24-20)16-10-8-7-9-11-16/h7-13H,6H2,1-5H3. The molecule has 0 spiro atoms. The molecule has 1 heterocycles. The molecule has 0 bridgehead atoms. The number of hydrogen-bond donors (Lipinski definition) is 0. The smallest absolute Gasteiger partial charge is 0.357 e. The lowest BCUT2D eigenvalue weighted by molar-refractivity contribution is 0.0549. The summed E-state index contributed by atoms with van der Waals surface area (Å²) in [4.78, 5) is 25.5. The number of para-hydroxylation sites is 1. The number of aryl methyl sites for hydroxylation is 2. The Labute approximate surface area is 175 Å². The number of carbonyl (C=O) groups is 2. The van der Waals surface area contributed by atoms with Crippen molar-refractivity contribution in [1.82, 2.24) is 9.78 Å². The number of aromatic nitrogens is 2. The van der Waals surface area contributed by atoms with Gasteiger partial charge in [0.25, 0.3) is 0 Å². The lowest BCUT2D eigenvalue weighted by atomic mass is 9.96. The van der Waals surface area contributed by atoms with Gasteiger partial charge in [-0.25, -0.2) is 14.3 Å². The number of nitrogens with zero attached hydrogens (tertiary/aromatic N) is 2. The first kappa shape index (κ1) is 21.1. The summed E-state index contributed by atoms with van der Waals surface area (Å²) in [7, 11) is 2.53. The molecule has 7 heteroatoms. The minimum atomic E-state index is -0.681. The van der Waals surface area contributed by atoms with Crippen LogP contribution in [0.1, 0.15) is 38.9 Å². The van der Waals surface area contributed by atoms with Crippen LogP contribution in [-0.4, -0.2) is 42.5 Å². The van der Waals surface area contributed by atoms with E-state index in [-0.39, 0.29) is 11.3 Å². The first-order valence-corrected chi connectivity index (χ1v) is 9.52. The van der Waals surface area contributed by atoms with Crippen molar-refractivity contribution in [3.05, 3.63) is 64.8 Å². The van der Waals surface area contributed by atoms with Gasteiger partial charge in [-0.1, -0.05) is 18.2 Å². The van der Waals surface area contributed by atoms with E-state index in [0.717, 1.165) is 22.4 Å². The zero-order valence-corrected chi connectivity index (χ0v) is 17.7. The molecule has 30 heavy (non-hydrogen) atoms. The normalized spacial score (nSPS) is 10.6. The maximum atomic E-state index is 12.8. The van der Waals surface area contributed by atoms with E-state index in [1.54, 1.807) is 12.1 Å². The zero-order chi connectivity index (χ0) is 21.8. The van der Waals surface area contributed by atoms with Crippen LogP contribution in [0.5, 0.6) is 5.75 Å². The van der Waals surface area contributed by atoms with E-state index >= 15 is 0 Å². The van der Waals surface area contributed by atoms with Crippen molar-refractivity contribution in [2.45, 2.75) is 20.8 Å². The SMILES string of the molecule is CCOc1cc(C)c(-c2nn(-c3ccccc3)c(C(=O)OC)c2C(=O)OC)c(C)c1. The Balaban J connectivity index is 2.37. The molecule has 3 aromatic rings. The topological polar surface area (TPSA) is 79.7 Å². The van der Waals surface area contributed by atoms with Crippen LogP contribution in [0.4, 0.5) is 0 Å². The molecule has 0 N–H and O–H groups in total. The first-order valence-electron chi connectivity index (χ1n) is 9.52. The van der Waals surface area contributed by atoms with Gasteiger partial charge in [0.2, 0.25) is 0 Å². The summed E-state index contributed by atoms with van der Waals surface area (Å²) >= 11 is 0. The van der Waals surface area contributed by atoms with Gasteiger partial charge in [0.1, 0.15) is 17.0 Å². The predicted octanol–water partition coefficient (Wildman–Crippen LogP) is 4.13. The van der Waals surface area contributed by atoms with Crippen molar-refractivity contribution in [3.63, 3.8) is 0 Å². The minimum Gasteiger partial charge on any atom is -0.494 e. The second-order valence-corrected chi connectivity index (χ2v) is 6.67. The largest absolute Gasteiger partial charge is 0.494 e. The van der Waals surface area contributed by atoms with Crippen molar-refractivity contribution in [2.75, 3.05) is 20.8 Å². The van der Waals surface area contributed by atoms with Gasteiger partial charge in [0.05, 0.1) is 26.5 Å². The average molecular weight is 408 g/mol. The average Bonchev–Trinajstić information content (AvgIpc) is 3.13. The van der Waals surface area contributed by atoms with Crippen LogP contribution >= 0.6 is 0 Å². The molecule has 0 radical (unpaired) electrons. The summed E-state index contributed by atoms with van der Waals surface area (Å²) in [5, 5.41) is 4.66. The van der Waals surface area contributed by atoms with Crippen LogP contribution < -0.4 is 4.74 Å². The summed E-state index contributed by atoms with van der Waals surface area (Å²) in [5.41, 5.74) is 3.50. The molecule has 0 unspecified atom stereocenters. The van der Waals surface area contributed by atoms with Crippen LogP contribution in [0.2, 0.25) is 0 Å². The molecule has 1 aromatic heterocycles. The fourth-order valence-corrected chi connectivity index (χ4v) is 3.48. The fraction of sp³-hybridized carbons (Fsp3) is 0.261. The van der Waals surface area contributed by atoms with Crippen LogP contribution in [0.25, 0.3) is 16.9 Å². The second-order valence-electron chi connectivity index (χ2n) is 6.67. The minimum absolute atomic E-state index is 0.0123. The Morgan fingerprint density at radius 2 is 1.57 bits per heavy atom. The third-order valence-corrected chi connectivity index (χ3v) is 4.71. The lowest BCUT2D eigenvalue weighted by Gasteiger charge is -2.12. The van der Waals surface area contributed by atoms with Crippen molar-refractivity contribution < 1.29 is 23.8 Å². The van der Waals surface area contributed by atoms with Gasteiger partial charge in [-0.2, -0.15) is 5.10 Å². The van der Waals surface area contributed by atoms with E-state index in [2.05, 4.69) is 5.10 Å². The predicted molar refractivity (Wildman–Crippen MR) is 112 cm³/mol. The van der Waals surface area contributed by atoms with Gasteiger partial charge in [-0.3, -0.25) is 0 Å². The van der Waals surface area contributed by atoms with E-state index in [9.17, 15) is 9.59 Å². The third-order valence-electron chi connectivity index (χ3n) is 4.71. The number of esters is 2. The molecular formula is C23H24N2O5. The Morgan fingerprint density at radius 1 is 0.967 bits per heavy atom. The van der Waals surface area contributed by atoms with Gasteiger partial charge in [0, 0.05) is 5.56 Å². The molecule has 0 aliphatic rings. The Morgan fingerprint density at radius 3 is 2.10 bits per heavy atom. The highest BCUT2D eigenvalue weighted by atomic mass is 16.5. The molecular weight excluding hydrogens is 384 g/mol. The first-order chi connectivity index (χ1) is 14.4. The van der Waals surface area contributed by atoms with E-state index in [0.29, 0.717) is 18.0 Å². The number of methoxy groups -OCH3 is 2. The van der Waals surface area contributed by atoms with Crippen molar-refractivity contribution >= 4 is 11.9 Å². The molecule has 3 rings (SSSR count). The van der Waals surface area contributed by atoms with Crippen molar-refractivity contribution in [1.29, 1.82) is 0 Å². The maximum Gasteiger partial charge on any atom is 0.357 e. The molecule has 156 valence electrons. The van der Waals surface area contributed by atoms with Crippen LogP contribution in [0.15, 0.2) is 42.5 Å². The van der Waals surface area contributed by atoms with Gasteiger partial charge in [-0.05, 0) is 56.2 Å². The molecule has 0 atom stereocenters. The summed E-state index contributed by atoms with van der Waals surface area (Å²) < 4.78 is 17.0. The molecule has 0 saturated heterocycles. The van der Waals surface area contributed by atoms with Gasteiger partial charge < -0.3 is 14.2 Å². The Kier molecular flexibility index (Phi) is 6.20. The summed E-state index contributed by atoms with van der Waals surface area (Å²) in [5.74, 6) is -0.619. The maximum absolute atomic E-state index is 12.8. The van der Waals surface area contributed by atoms with Crippen LogP contribution in [0.3, 0.4) is 0 Å². The van der Waals surface area contributed by atoms with Gasteiger partial charge >= 0.3 is 11.9 Å². The highest BCUT2D eigenvalue weighted by Crippen LogP contribution is 2.35. The summed E-state index contributed by atoms with van der Waals surface area (Å²) in [6, 6.07) is 12.8. The lowest BCUT2D eigenvalue weighted by Crippen LogP contribution is -2.15. The van der Waals surface area contributed by atoms with E-state index in [1.807, 2.05) is 51.1 Å². The van der Waals surface area contributed by atoms with E-state index < -0.39 is 11.9 Å². The molecule has 0 aliphatic carbocycles. The molecule has 2 aromatic carbocycles. The highest BCUT2D eigenvalue weighted by Gasteiger charge is 2.32. The monoisotopic (exact) mass is 408 g/mol. The number of carbonyl (C=O) groups excluding carboxylic acids is 2.